The predicted molar refractivity (Wildman–Crippen MR) is 78.7 cm³/mol. The second-order valence-corrected chi connectivity index (χ2v) is 11.4. The third-order valence-electron chi connectivity index (χ3n) is 3.76. The van der Waals surface area contributed by atoms with Crippen LogP contribution in [0, 0.1) is 11.5 Å². The van der Waals surface area contributed by atoms with Crippen molar-refractivity contribution < 1.29 is 4.79 Å². The molecule has 0 saturated carbocycles. The molecule has 0 aromatic heterocycles. The van der Waals surface area contributed by atoms with Gasteiger partial charge < -0.3 is 0 Å². The number of carbonyl (C=O) groups is 1. The highest BCUT2D eigenvalue weighted by Crippen LogP contribution is 2.40. The molecular formula is C15H28OSi. The third kappa shape index (κ3) is 3.99. The van der Waals surface area contributed by atoms with Crippen molar-refractivity contribution in [2.75, 3.05) is 0 Å². The van der Waals surface area contributed by atoms with Gasteiger partial charge in [-0.1, -0.05) is 48.5 Å². The van der Waals surface area contributed by atoms with Gasteiger partial charge in [-0.15, -0.1) is 5.54 Å². The molecule has 0 aliphatic carbocycles. The number of carbonyl (C=O) groups excluding carboxylic acids is 1. The zero-order valence-electron chi connectivity index (χ0n) is 12.6. The molecule has 1 nitrogen and oxygen atoms in total. The fraction of sp³-hybridized carbons (Fsp3) is 0.800. The van der Waals surface area contributed by atoms with Crippen molar-refractivity contribution >= 4 is 13.9 Å². The Morgan fingerprint density at radius 3 is 1.71 bits per heavy atom. The lowest BCUT2D eigenvalue weighted by molar-refractivity contribution is -0.113. The van der Waals surface area contributed by atoms with Crippen LogP contribution in [-0.2, 0) is 4.79 Å². The number of hydrogen-bond acceptors (Lipinski definition) is 1. The van der Waals surface area contributed by atoms with Crippen LogP contribution in [0.3, 0.4) is 0 Å². The number of rotatable bonds is 5. The van der Waals surface area contributed by atoms with Gasteiger partial charge in [-0.2, -0.15) is 0 Å². The summed E-state index contributed by atoms with van der Waals surface area (Å²) in [6.45, 7) is 15.6. The van der Waals surface area contributed by atoms with Crippen LogP contribution in [0.25, 0.3) is 0 Å². The van der Waals surface area contributed by atoms with E-state index in [4.69, 9.17) is 0 Å². The van der Waals surface area contributed by atoms with E-state index in [0.29, 0.717) is 23.0 Å². The van der Waals surface area contributed by atoms with Gasteiger partial charge in [-0.25, -0.2) is 0 Å². The van der Waals surface area contributed by atoms with Crippen molar-refractivity contribution in [1.82, 2.24) is 0 Å². The average molecular weight is 252 g/mol. The molecule has 17 heavy (non-hydrogen) atoms. The summed E-state index contributed by atoms with van der Waals surface area (Å²) < 4.78 is 0. The first kappa shape index (κ1) is 16.4. The Kier molecular flexibility index (Phi) is 6.78. The van der Waals surface area contributed by atoms with E-state index in [2.05, 4.69) is 53.0 Å². The first-order valence-corrected chi connectivity index (χ1v) is 9.08. The number of hydrogen-bond donors (Lipinski definition) is 0. The highest BCUT2D eigenvalue weighted by molar-refractivity contribution is 6.90. The lowest BCUT2D eigenvalue weighted by Crippen LogP contribution is -2.43. The van der Waals surface area contributed by atoms with Crippen LogP contribution < -0.4 is 0 Å². The summed E-state index contributed by atoms with van der Waals surface area (Å²) in [7, 11) is -1.70. The molecule has 0 aliphatic rings. The van der Waals surface area contributed by atoms with Crippen LogP contribution in [0.2, 0.25) is 16.6 Å². The minimum Gasteiger partial charge on any atom is -0.285 e. The summed E-state index contributed by atoms with van der Waals surface area (Å²) in [5.74, 6) is 3.06. The molecule has 0 aromatic carbocycles. The Morgan fingerprint density at radius 1 is 1.00 bits per heavy atom. The van der Waals surface area contributed by atoms with Crippen molar-refractivity contribution in [2.24, 2.45) is 0 Å². The minimum atomic E-state index is -1.70. The van der Waals surface area contributed by atoms with Crippen molar-refractivity contribution in [3.05, 3.63) is 0 Å². The SMILES string of the molecule is CCCC(=O)C#C[Si](C(C)C)(C(C)C)C(C)C. The Bertz CT molecular complexity index is 283. The molecule has 2 heteroatoms. The lowest BCUT2D eigenvalue weighted by Gasteiger charge is -2.37. The number of Topliss-reactive ketones (excluding diaryl/α,β-unsaturated/α-hetero) is 1. The van der Waals surface area contributed by atoms with Gasteiger partial charge in [0.1, 0.15) is 8.07 Å². The Labute approximate surface area is 108 Å². The normalized spacial score (nSPS) is 11.9. The molecule has 0 spiro atoms. The van der Waals surface area contributed by atoms with Crippen LogP contribution in [0.15, 0.2) is 0 Å². The van der Waals surface area contributed by atoms with Gasteiger partial charge >= 0.3 is 0 Å². The van der Waals surface area contributed by atoms with E-state index < -0.39 is 8.07 Å². The first-order chi connectivity index (χ1) is 7.78. The quantitative estimate of drug-likeness (QED) is 0.517. The van der Waals surface area contributed by atoms with Crippen molar-refractivity contribution in [3.8, 4) is 11.5 Å². The van der Waals surface area contributed by atoms with Gasteiger partial charge in [0.05, 0.1) is 0 Å². The summed E-state index contributed by atoms with van der Waals surface area (Å²) >= 11 is 0. The first-order valence-electron chi connectivity index (χ1n) is 6.84. The molecule has 0 aromatic rings. The second-order valence-electron chi connectivity index (χ2n) is 5.82. The highest BCUT2D eigenvalue weighted by Gasteiger charge is 2.41. The third-order valence-corrected chi connectivity index (χ3v) is 10.1. The van der Waals surface area contributed by atoms with Crippen LogP contribution >= 0.6 is 0 Å². The largest absolute Gasteiger partial charge is 0.285 e. The van der Waals surface area contributed by atoms with Crippen LogP contribution in [0.4, 0.5) is 0 Å². The van der Waals surface area contributed by atoms with Gasteiger partial charge in [0.15, 0.2) is 0 Å². The van der Waals surface area contributed by atoms with Gasteiger partial charge in [0.2, 0.25) is 5.78 Å². The molecule has 98 valence electrons. The zero-order chi connectivity index (χ0) is 13.6. The summed E-state index contributed by atoms with van der Waals surface area (Å²) in [5.41, 5.74) is 5.26. The molecule has 0 radical (unpaired) electrons. The van der Waals surface area contributed by atoms with Crippen molar-refractivity contribution in [1.29, 1.82) is 0 Å². The molecular weight excluding hydrogens is 224 g/mol. The lowest BCUT2D eigenvalue weighted by atomic mass is 10.2. The van der Waals surface area contributed by atoms with Crippen molar-refractivity contribution in [3.63, 3.8) is 0 Å². The molecule has 0 atom stereocenters. The van der Waals surface area contributed by atoms with E-state index in [0.717, 1.165) is 6.42 Å². The van der Waals surface area contributed by atoms with E-state index in [1.165, 1.54) is 0 Å². The zero-order valence-corrected chi connectivity index (χ0v) is 13.6. The summed E-state index contributed by atoms with van der Waals surface area (Å²) in [6.07, 6.45) is 1.50. The molecule has 0 bridgehead atoms. The maximum absolute atomic E-state index is 11.6. The van der Waals surface area contributed by atoms with E-state index in [1.807, 2.05) is 6.92 Å². The molecule has 0 rings (SSSR count). The maximum atomic E-state index is 11.6. The molecule has 0 heterocycles. The maximum Gasteiger partial charge on any atom is 0.204 e. The van der Waals surface area contributed by atoms with Crippen LogP contribution in [0.5, 0.6) is 0 Å². The molecule has 0 unspecified atom stereocenters. The Hall–Kier alpha value is -0.553. The van der Waals surface area contributed by atoms with E-state index in [9.17, 15) is 4.79 Å². The highest BCUT2D eigenvalue weighted by atomic mass is 28.3. The van der Waals surface area contributed by atoms with Crippen LogP contribution in [-0.4, -0.2) is 13.9 Å². The predicted octanol–water partition coefficient (Wildman–Crippen LogP) is 4.58. The Balaban J connectivity index is 5.26. The van der Waals surface area contributed by atoms with Gasteiger partial charge in [0.25, 0.3) is 0 Å². The second kappa shape index (κ2) is 7.01. The Morgan fingerprint density at radius 2 is 1.41 bits per heavy atom. The van der Waals surface area contributed by atoms with Crippen LogP contribution in [0.1, 0.15) is 61.3 Å². The summed E-state index contributed by atoms with van der Waals surface area (Å²) in [6, 6.07) is 0. The molecule has 0 amide bonds. The smallest absolute Gasteiger partial charge is 0.204 e. The summed E-state index contributed by atoms with van der Waals surface area (Å²) in [5, 5.41) is 0. The molecule has 0 saturated heterocycles. The van der Waals surface area contributed by atoms with Gasteiger partial charge in [-0.05, 0) is 29.0 Å². The molecule has 0 N–H and O–H groups in total. The van der Waals surface area contributed by atoms with E-state index >= 15 is 0 Å². The summed E-state index contributed by atoms with van der Waals surface area (Å²) in [4.78, 5) is 11.6. The minimum absolute atomic E-state index is 0.117. The van der Waals surface area contributed by atoms with E-state index in [1.54, 1.807) is 0 Å². The topological polar surface area (TPSA) is 17.1 Å². The molecule has 0 fully saturated rings. The average Bonchev–Trinajstić information content (AvgIpc) is 2.17. The van der Waals surface area contributed by atoms with Gasteiger partial charge in [-0.3, -0.25) is 4.79 Å². The standard InChI is InChI=1S/C15H28OSi/c1-8-9-15(16)10-11-17(12(2)3,13(4)5)14(6)7/h12-14H,8-9H2,1-7H3. The number of ketones is 1. The van der Waals surface area contributed by atoms with Crippen molar-refractivity contribution in [2.45, 2.75) is 77.9 Å². The molecule has 0 aliphatic heterocycles. The fourth-order valence-corrected chi connectivity index (χ4v) is 8.12. The van der Waals surface area contributed by atoms with Gasteiger partial charge in [0, 0.05) is 6.42 Å². The monoisotopic (exact) mass is 252 g/mol. The van der Waals surface area contributed by atoms with E-state index in [-0.39, 0.29) is 5.78 Å². The fourth-order valence-electron chi connectivity index (χ4n) is 2.90.